The summed E-state index contributed by atoms with van der Waals surface area (Å²) in [5.74, 6) is -0.460. The Hall–Kier alpha value is -1.75. The van der Waals surface area contributed by atoms with Gasteiger partial charge in [0.25, 0.3) is 0 Å². The molecule has 0 saturated carbocycles. The van der Waals surface area contributed by atoms with E-state index in [1.807, 2.05) is 19.1 Å². The van der Waals surface area contributed by atoms with E-state index in [0.717, 1.165) is 17.5 Å². The van der Waals surface area contributed by atoms with Crippen molar-refractivity contribution in [3.63, 3.8) is 0 Å². The fraction of sp³-hybridized carbons (Fsp3) is 0.182. The van der Waals surface area contributed by atoms with Gasteiger partial charge in [-0.15, -0.1) is 0 Å². The molecule has 0 bridgehead atoms. The Labute approximate surface area is 103 Å². The minimum absolute atomic E-state index is 0.00615. The highest BCUT2D eigenvalue weighted by Gasteiger charge is 2.06. The molecule has 0 aliphatic carbocycles. The Morgan fingerprint density at radius 1 is 1.41 bits per heavy atom. The van der Waals surface area contributed by atoms with E-state index in [4.69, 9.17) is 11.6 Å². The predicted octanol–water partition coefficient (Wildman–Crippen LogP) is 2.58. The Balaban J connectivity index is 2.12. The van der Waals surface area contributed by atoms with Gasteiger partial charge in [0, 0.05) is 6.20 Å². The Morgan fingerprint density at radius 3 is 3.00 bits per heavy atom. The van der Waals surface area contributed by atoms with Crippen LogP contribution in [0.25, 0.3) is 0 Å². The van der Waals surface area contributed by atoms with Crippen LogP contribution in [0.3, 0.4) is 0 Å². The van der Waals surface area contributed by atoms with Crippen molar-refractivity contribution < 1.29 is 4.39 Å². The molecule has 17 heavy (non-hydrogen) atoms. The first-order valence-electron chi connectivity index (χ1n) is 4.99. The highest BCUT2D eigenvalue weighted by atomic mass is 35.5. The molecule has 1 N–H and O–H groups in total. The van der Waals surface area contributed by atoms with Crippen molar-refractivity contribution in [3.8, 4) is 0 Å². The minimum atomic E-state index is -0.539. The van der Waals surface area contributed by atoms with Gasteiger partial charge in [0.05, 0.1) is 18.4 Å². The second kappa shape index (κ2) is 5.05. The second-order valence-electron chi connectivity index (χ2n) is 3.46. The van der Waals surface area contributed by atoms with Crippen LogP contribution in [0.15, 0.2) is 24.5 Å². The summed E-state index contributed by atoms with van der Waals surface area (Å²) >= 11 is 5.59. The summed E-state index contributed by atoms with van der Waals surface area (Å²) in [4.78, 5) is 11.5. The Morgan fingerprint density at radius 2 is 2.24 bits per heavy atom. The van der Waals surface area contributed by atoms with Crippen molar-refractivity contribution in [2.75, 3.05) is 5.32 Å². The molecule has 0 unspecified atom stereocenters. The maximum absolute atomic E-state index is 13.3. The Kier molecular flexibility index (Phi) is 3.49. The van der Waals surface area contributed by atoms with Crippen LogP contribution in [-0.2, 0) is 6.54 Å². The van der Waals surface area contributed by atoms with Gasteiger partial charge in [-0.2, -0.15) is 4.98 Å². The molecule has 88 valence electrons. The van der Waals surface area contributed by atoms with Gasteiger partial charge < -0.3 is 5.32 Å². The molecular formula is C11H10ClFN4. The second-order valence-corrected chi connectivity index (χ2v) is 3.79. The van der Waals surface area contributed by atoms with Gasteiger partial charge in [-0.3, -0.25) is 4.98 Å². The van der Waals surface area contributed by atoms with Crippen LogP contribution < -0.4 is 5.32 Å². The summed E-state index contributed by atoms with van der Waals surface area (Å²) in [6, 6.07) is 3.79. The summed E-state index contributed by atoms with van der Waals surface area (Å²) in [5, 5.41) is 2.84. The van der Waals surface area contributed by atoms with Gasteiger partial charge >= 0.3 is 0 Å². The number of nitrogens with zero attached hydrogens (tertiary/aromatic N) is 3. The largest absolute Gasteiger partial charge is 0.362 e. The number of anilines is 1. The highest BCUT2D eigenvalue weighted by Crippen LogP contribution is 2.13. The number of hydrogen-bond donors (Lipinski definition) is 1. The van der Waals surface area contributed by atoms with Gasteiger partial charge in [0.2, 0.25) is 5.28 Å². The number of aromatic nitrogens is 3. The SMILES string of the molecule is Cc1cccnc1CNc1nc(Cl)ncc1F. The fourth-order valence-corrected chi connectivity index (χ4v) is 1.47. The number of aryl methyl sites for hydroxylation is 1. The summed E-state index contributed by atoms with van der Waals surface area (Å²) in [5.41, 5.74) is 1.86. The number of nitrogens with one attached hydrogen (secondary N) is 1. The number of hydrogen-bond acceptors (Lipinski definition) is 4. The average molecular weight is 253 g/mol. The number of pyridine rings is 1. The molecule has 2 rings (SSSR count). The maximum Gasteiger partial charge on any atom is 0.224 e. The lowest BCUT2D eigenvalue weighted by atomic mass is 10.2. The van der Waals surface area contributed by atoms with Crippen LogP contribution in [0.5, 0.6) is 0 Å². The Bertz CT molecular complexity index is 533. The minimum Gasteiger partial charge on any atom is -0.362 e. The molecule has 0 atom stereocenters. The molecule has 0 fully saturated rings. The molecule has 4 nitrogen and oxygen atoms in total. The number of halogens is 2. The lowest BCUT2D eigenvalue weighted by Gasteiger charge is -2.07. The van der Waals surface area contributed by atoms with Gasteiger partial charge in [0.15, 0.2) is 11.6 Å². The summed E-state index contributed by atoms with van der Waals surface area (Å²) in [6.45, 7) is 2.32. The summed E-state index contributed by atoms with van der Waals surface area (Å²) in [7, 11) is 0. The monoisotopic (exact) mass is 252 g/mol. The van der Waals surface area contributed by atoms with E-state index < -0.39 is 5.82 Å². The first-order chi connectivity index (χ1) is 8.16. The molecule has 0 aromatic carbocycles. The predicted molar refractivity (Wildman–Crippen MR) is 63.3 cm³/mol. The quantitative estimate of drug-likeness (QED) is 0.853. The van der Waals surface area contributed by atoms with Crippen molar-refractivity contribution in [1.29, 1.82) is 0 Å². The van der Waals surface area contributed by atoms with Gasteiger partial charge in [-0.05, 0) is 30.2 Å². The van der Waals surface area contributed by atoms with Gasteiger partial charge in [-0.25, -0.2) is 9.37 Å². The van der Waals surface area contributed by atoms with E-state index in [0.29, 0.717) is 6.54 Å². The van der Waals surface area contributed by atoms with Crippen LogP contribution in [-0.4, -0.2) is 15.0 Å². The van der Waals surface area contributed by atoms with Crippen molar-refractivity contribution in [2.45, 2.75) is 13.5 Å². The standard InChI is InChI=1S/C11H10ClFN4/c1-7-3-2-4-14-9(7)6-15-10-8(13)5-16-11(12)17-10/h2-5H,6H2,1H3,(H,15,16,17). The summed E-state index contributed by atoms with van der Waals surface area (Å²) < 4.78 is 13.3. The first kappa shape index (κ1) is 11.7. The average Bonchev–Trinajstić information content (AvgIpc) is 2.32. The zero-order chi connectivity index (χ0) is 12.3. The maximum atomic E-state index is 13.3. The van der Waals surface area contributed by atoms with Crippen LogP contribution in [0, 0.1) is 12.7 Å². The molecule has 0 aliphatic rings. The molecule has 0 amide bonds. The van der Waals surface area contributed by atoms with E-state index >= 15 is 0 Å². The highest BCUT2D eigenvalue weighted by molar-refractivity contribution is 6.28. The van der Waals surface area contributed by atoms with Gasteiger partial charge in [-0.1, -0.05) is 6.07 Å². The van der Waals surface area contributed by atoms with Crippen LogP contribution >= 0.6 is 11.6 Å². The third-order valence-electron chi connectivity index (χ3n) is 2.26. The molecule has 6 heteroatoms. The van der Waals surface area contributed by atoms with Crippen LogP contribution in [0.4, 0.5) is 10.2 Å². The smallest absolute Gasteiger partial charge is 0.224 e. The van der Waals surface area contributed by atoms with E-state index in [2.05, 4.69) is 20.3 Å². The third kappa shape index (κ3) is 2.88. The van der Waals surface area contributed by atoms with Crippen molar-refractivity contribution in [2.24, 2.45) is 0 Å². The first-order valence-corrected chi connectivity index (χ1v) is 5.37. The zero-order valence-corrected chi connectivity index (χ0v) is 9.87. The van der Waals surface area contributed by atoms with E-state index in [9.17, 15) is 4.39 Å². The molecule has 0 saturated heterocycles. The van der Waals surface area contributed by atoms with E-state index in [1.165, 1.54) is 0 Å². The summed E-state index contributed by atoms with van der Waals surface area (Å²) in [6.07, 6.45) is 2.72. The third-order valence-corrected chi connectivity index (χ3v) is 2.44. The van der Waals surface area contributed by atoms with Crippen LogP contribution in [0.1, 0.15) is 11.3 Å². The normalized spacial score (nSPS) is 10.3. The van der Waals surface area contributed by atoms with Crippen molar-refractivity contribution >= 4 is 17.4 Å². The topological polar surface area (TPSA) is 50.7 Å². The molecule has 2 heterocycles. The molecule has 2 aromatic rings. The van der Waals surface area contributed by atoms with Crippen LogP contribution in [0.2, 0.25) is 5.28 Å². The molecule has 0 aliphatic heterocycles. The molecular weight excluding hydrogens is 243 g/mol. The molecule has 0 radical (unpaired) electrons. The fourth-order valence-electron chi connectivity index (χ4n) is 1.34. The lowest BCUT2D eigenvalue weighted by molar-refractivity contribution is 0.616. The molecule has 0 spiro atoms. The van der Waals surface area contributed by atoms with Crippen molar-refractivity contribution in [3.05, 3.63) is 46.9 Å². The lowest BCUT2D eigenvalue weighted by Crippen LogP contribution is -2.07. The van der Waals surface area contributed by atoms with E-state index in [-0.39, 0.29) is 11.1 Å². The number of rotatable bonds is 3. The van der Waals surface area contributed by atoms with E-state index in [1.54, 1.807) is 6.20 Å². The zero-order valence-electron chi connectivity index (χ0n) is 9.11. The molecule has 2 aromatic heterocycles. The van der Waals surface area contributed by atoms with Gasteiger partial charge in [0.1, 0.15) is 0 Å². The van der Waals surface area contributed by atoms with Crippen molar-refractivity contribution in [1.82, 2.24) is 15.0 Å².